The smallest absolute Gasteiger partial charge is 0.309 e. The number of esters is 1. The maximum atomic E-state index is 12.0. The summed E-state index contributed by atoms with van der Waals surface area (Å²) in [6, 6.07) is 7.80. The second-order valence-corrected chi connectivity index (χ2v) is 7.01. The van der Waals surface area contributed by atoms with Crippen molar-refractivity contribution in [3.05, 3.63) is 29.8 Å². The van der Waals surface area contributed by atoms with Crippen LogP contribution >= 0.6 is 0 Å². The van der Waals surface area contributed by atoms with E-state index in [4.69, 9.17) is 9.47 Å². The fraction of sp³-hybridized carbons (Fsp3) is 0.600. The first kappa shape index (κ1) is 19.3. The summed E-state index contributed by atoms with van der Waals surface area (Å²) < 4.78 is 10.5. The number of hydrogen-bond acceptors (Lipinski definition) is 4. The Morgan fingerprint density at radius 1 is 1.16 bits per heavy atom. The molecule has 0 heterocycles. The van der Waals surface area contributed by atoms with E-state index in [1.54, 1.807) is 0 Å². The van der Waals surface area contributed by atoms with Gasteiger partial charge in [0.15, 0.2) is 6.61 Å². The molecule has 1 aliphatic carbocycles. The summed E-state index contributed by atoms with van der Waals surface area (Å²) in [5.41, 5.74) is 1.15. The lowest BCUT2D eigenvalue weighted by Crippen LogP contribution is -2.45. The summed E-state index contributed by atoms with van der Waals surface area (Å²) in [5.74, 6) is 1.14. The van der Waals surface area contributed by atoms with E-state index in [0.717, 1.165) is 24.2 Å². The van der Waals surface area contributed by atoms with Gasteiger partial charge in [0.1, 0.15) is 5.75 Å². The first-order chi connectivity index (χ1) is 12.0. The molecule has 25 heavy (non-hydrogen) atoms. The number of benzene rings is 1. The maximum absolute atomic E-state index is 12.0. The van der Waals surface area contributed by atoms with Gasteiger partial charge in [0.2, 0.25) is 0 Å². The Bertz CT molecular complexity index is 570. The van der Waals surface area contributed by atoms with E-state index in [-0.39, 0.29) is 31.6 Å². The summed E-state index contributed by atoms with van der Waals surface area (Å²) in [6.45, 7) is 6.41. The SMILES string of the molecule is Cc1ccc(OCCC(=O)OCC(=O)NC2CCCC(C)C2C)cc1. The molecule has 1 aromatic carbocycles. The Labute approximate surface area is 150 Å². The van der Waals surface area contributed by atoms with E-state index >= 15 is 0 Å². The first-order valence-corrected chi connectivity index (χ1v) is 9.10. The molecular weight excluding hydrogens is 318 g/mol. The van der Waals surface area contributed by atoms with Gasteiger partial charge < -0.3 is 14.8 Å². The first-order valence-electron chi connectivity index (χ1n) is 9.10. The molecule has 5 heteroatoms. The average molecular weight is 347 g/mol. The number of ether oxygens (including phenoxy) is 2. The van der Waals surface area contributed by atoms with Crippen LogP contribution in [-0.2, 0) is 14.3 Å². The highest BCUT2D eigenvalue weighted by Gasteiger charge is 2.28. The third kappa shape index (κ3) is 6.40. The standard InChI is InChI=1S/C20H29NO4/c1-14-7-9-17(10-8-14)24-12-11-20(23)25-13-19(22)21-18-6-4-5-15(2)16(18)3/h7-10,15-16,18H,4-6,11-13H2,1-3H3,(H,21,22). The summed E-state index contributed by atoms with van der Waals surface area (Å²) in [5, 5.41) is 2.99. The number of rotatable bonds is 7. The van der Waals surface area contributed by atoms with Crippen LogP contribution in [-0.4, -0.2) is 31.1 Å². The van der Waals surface area contributed by atoms with Gasteiger partial charge in [-0.3, -0.25) is 9.59 Å². The topological polar surface area (TPSA) is 64.6 Å². The second-order valence-electron chi connectivity index (χ2n) is 7.01. The number of hydrogen-bond donors (Lipinski definition) is 1. The second kappa shape index (κ2) is 9.44. The van der Waals surface area contributed by atoms with Gasteiger partial charge in [-0.2, -0.15) is 0 Å². The molecule has 5 nitrogen and oxygen atoms in total. The predicted molar refractivity (Wildman–Crippen MR) is 96.4 cm³/mol. The Morgan fingerprint density at radius 2 is 1.88 bits per heavy atom. The highest BCUT2D eigenvalue weighted by molar-refractivity contribution is 5.80. The molecule has 0 aromatic heterocycles. The van der Waals surface area contributed by atoms with Gasteiger partial charge in [-0.25, -0.2) is 0 Å². The van der Waals surface area contributed by atoms with Crippen molar-refractivity contribution in [2.45, 2.75) is 52.5 Å². The number of amides is 1. The number of aryl methyl sites for hydroxylation is 1. The van der Waals surface area contributed by atoms with E-state index in [1.165, 1.54) is 6.42 Å². The van der Waals surface area contributed by atoms with Crippen LogP contribution in [0.4, 0.5) is 0 Å². The monoisotopic (exact) mass is 347 g/mol. The molecule has 3 unspecified atom stereocenters. The molecule has 1 aromatic rings. The van der Waals surface area contributed by atoms with Crippen LogP contribution in [0.3, 0.4) is 0 Å². The minimum absolute atomic E-state index is 0.123. The van der Waals surface area contributed by atoms with Crippen molar-refractivity contribution >= 4 is 11.9 Å². The maximum Gasteiger partial charge on any atom is 0.309 e. The molecule has 3 atom stereocenters. The Hall–Kier alpha value is -2.04. The van der Waals surface area contributed by atoms with Crippen molar-refractivity contribution in [3.63, 3.8) is 0 Å². The average Bonchev–Trinajstić information content (AvgIpc) is 2.59. The molecule has 0 bridgehead atoms. The molecule has 2 rings (SSSR count). The molecule has 1 fully saturated rings. The molecule has 0 spiro atoms. The quantitative estimate of drug-likeness (QED) is 0.769. The van der Waals surface area contributed by atoms with E-state index in [0.29, 0.717) is 11.8 Å². The van der Waals surface area contributed by atoms with Crippen LogP contribution in [0, 0.1) is 18.8 Å². The van der Waals surface area contributed by atoms with Crippen LogP contribution < -0.4 is 10.1 Å². The third-order valence-electron chi connectivity index (χ3n) is 5.01. The van der Waals surface area contributed by atoms with E-state index in [9.17, 15) is 9.59 Å². The lowest BCUT2D eigenvalue weighted by Gasteiger charge is -2.34. The van der Waals surface area contributed by atoms with E-state index in [2.05, 4.69) is 19.2 Å². The van der Waals surface area contributed by atoms with Gasteiger partial charge in [-0.1, -0.05) is 44.4 Å². The number of carbonyl (C=O) groups is 2. The Balaban J connectivity index is 1.62. The summed E-state index contributed by atoms with van der Waals surface area (Å²) in [4.78, 5) is 23.7. The lowest BCUT2D eigenvalue weighted by molar-refractivity contribution is -0.149. The van der Waals surface area contributed by atoms with Crippen molar-refractivity contribution in [2.75, 3.05) is 13.2 Å². The van der Waals surface area contributed by atoms with Crippen LogP contribution in [0.2, 0.25) is 0 Å². The Morgan fingerprint density at radius 3 is 2.60 bits per heavy atom. The Kier molecular flexibility index (Phi) is 7.29. The van der Waals surface area contributed by atoms with Crippen molar-refractivity contribution < 1.29 is 19.1 Å². The normalized spacial score (nSPS) is 22.9. The van der Waals surface area contributed by atoms with Crippen molar-refractivity contribution in [1.82, 2.24) is 5.32 Å². The number of nitrogens with one attached hydrogen (secondary N) is 1. The van der Waals surface area contributed by atoms with Crippen molar-refractivity contribution in [1.29, 1.82) is 0 Å². The number of carbonyl (C=O) groups excluding carboxylic acids is 2. The third-order valence-corrected chi connectivity index (χ3v) is 5.01. The molecule has 0 radical (unpaired) electrons. The van der Waals surface area contributed by atoms with Gasteiger partial charge in [-0.15, -0.1) is 0 Å². The zero-order valence-corrected chi connectivity index (χ0v) is 15.4. The van der Waals surface area contributed by atoms with Crippen LogP contribution in [0.1, 0.15) is 45.1 Å². The zero-order chi connectivity index (χ0) is 18.2. The van der Waals surface area contributed by atoms with Gasteiger partial charge in [-0.05, 0) is 37.3 Å². The molecule has 1 aliphatic rings. The van der Waals surface area contributed by atoms with Gasteiger partial charge in [0.25, 0.3) is 5.91 Å². The van der Waals surface area contributed by atoms with E-state index in [1.807, 2.05) is 31.2 Å². The fourth-order valence-electron chi connectivity index (χ4n) is 3.14. The molecule has 138 valence electrons. The predicted octanol–water partition coefficient (Wildman–Crippen LogP) is 3.25. The summed E-state index contributed by atoms with van der Waals surface area (Å²) in [6.07, 6.45) is 3.46. The van der Waals surface area contributed by atoms with Crippen molar-refractivity contribution in [3.8, 4) is 5.75 Å². The highest BCUT2D eigenvalue weighted by Crippen LogP contribution is 2.29. The van der Waals surface area contributed by atoms with Gasteiger partial charge in [0.05, 0.1) is 13.0 Å². The largest absolute Gasteiger partial charge is 0.493 e. The van der Waals surface area contributed by atoms with Gasteiger partial charge in [0, 0.05) is 6.04 Å². The summed E-state index contributed by atoms with van der Waals surface area (Å²) in [7, 11) is 0. The molecule has 0 saturated heterocycles. The fourth-order valence-corrected chi connectivity index (χ4v) is 3.14. The lowest BCUT2D eigenvalue weighted by atomic mass is 9.78. The molecular formula is C20H29NO4. The highest BCUT2D eigenvalue weighted by atomic mass is 16.5. The molecule has 1 saturated carbocycles. The van der Waals surface area contributed by atoms with Crippen molar-refractivity contribution in [2.24, 2.45) is 11.8 Å². The molecule has 1 amide bonds. The van der Waals surface area contributed by atoms with Crippen LogP contribution in [0.15, 0.2) is 24.3 Å². The van der Waals surface area contributed by atoms with Crippen LogP contribution in [0.25, 0.3) is 0 Å². The van der Waals surface area contributed by atoms with Gasteiger partial charge >= 0.3 is 5.97 Å². The zero-order valence-electron chi connectivity index (χ0n) is 15.4. The minimum Gasteiger partial charge on any atom is -0.493 e. The molecule has 1 N–H and O–H groups in total. The van der Waals surface area contributed by atoms with Crippen LogP contribution in [0.5, 0.6) is 5.75 Å². The summed E-state index contributed by atoms with van der Waals surface area (Å²) >= 11 is 0. The minimum atomic E-state index is -0.424. The molecule has 0 aliphatic heterocycles. The van der Waals surface area contributed by atoms with E-state index < -0.39 is 5.97 Å².